The van der Waals surface area contributed by atoms with Gasteiger partial charge in [0.15, 0.2) is 0 Å². The van der Waals surface area contributed by atoms with Gasteiger partial charge in [0.05, 0.1) is 11.3 Å². The monoisotopic (exact) mass is 260 g/mol. The van der Waals surface area contributed by atoms with Gasteiger partial charge in [0.25, 0.3) is 0 Å². The number of ether oxygens (including phenoxy) is 1. The van der Waals surface area contributed by atoms with Gasteiger partial charge in [0.1, 0.15) is 12.7 Å². The first-order chi connectivity index (χ1) is 9.13. The molecule has 102 valence electrons. The number of amides is 1. The summed E-state index contributed by atoms with van der Waals surface area (Å²) >= 11 is 0. The van der Waals surface area contributed by atoms with Crippen LogP contribution in [0, 0.1) is 17.2 Å². The zero-order valence-corrected chi connectivity index (χ0v) is 11.5. The molecule has 4 nitrogen and oxygen atoms in total. The summed E-state index contributed by atoms with van der Waals surface area (Å²) < 4.78 is 5.30. The third kappa shape index (κ3) is 6.03. The molecule has 1 rings (SSSR count). The van der Waals surface area contributed by atoms with E-state index < -0.39 is 0 Å². The van der Waals surface area contributed by atoms with E-state index in [1.54, 1.807) is 24.3 Å². The minimum Gasteiger partial charge on any atom is -0.372 e. The topological polar surface area (TPSA) is 62.1 Å². The van der Waals surface area contributed by atoms with Crippen molar-refractivity contribution in [2.45, 2.75) is 26.7 Å². The maximum absolute atomic E-state index is 11.6. The van der Waals surface area contributed by atoms with E-state index in [0.717, 1.165) is 12.8 Å². The molecule has 1 aromatic rings. The van der Waals surface area contributed by atoms with Crippen LogP contribution in [0.25, 0.3) is 0 Å². The Balaban J connectivity index is 2.30. The zero-order valence-electron chi connectivity index (χ0n) is 11.5. The lowest BCUT2D eigenvalue weighted by Crippen LogP contribution is -2.19. The van der Waals surface area contributed by atoms with Crippen LogP contribution in [0.1, 0.15) is 32.3 Å². The van der Waals surface area contributed by atoms with Gasteiger partial charge in [-0.1, -0.05) is 26.0 Å². The Labute approximate surface area is 114 Å². The van der Waals surface area contributed by atoms with Gasteiger partial charge in [-0.15, -0.1) is 0 Å². The van der Waals surface area contributed by atoms with Crippen molar-refractivity contribution in [2.75, 3.05) is 18.5 Å². The zero-order chi connectivity index (χ0) is 14.1. The number of anilines is 1. The number of nitriles is 1. The summed E-state index contributed by atoms with van der Waals surface area (Å²) in [7, 11) is 0. The van der Waals surface area contributed by atoms with E-state index in [0.29, 0.717) is 23.8 Å². The van der Waals surface area contributed by atoms with E-state index in [1.165, 1.54) is 0 Å². The standard InChI is InChI=1S/C15H20N2O2/c1-12(2)6-5-9-19-11-15(18)17-14-8-4-3-7-13(14)10-16/h3-4,7-8,12H,5-6,9,11H2,1-2H3,(H,17,18). The van der Waals surface area contributed by atoms with Crippen molar-refractivity contribution in [1.82, 2.24) is 0 Å². The molecule has 0 unspecified atom stereocenters. The number of carbonyl (C=O) groups is 1. The Morgan fingerprint density at radius 2 is 2.16 bits per heavy atom. The highest BCUT2D eigenvalue weighted by atomic mass is 16.5. The molecule has 0 aliphatic heterocycles. The lowest BCUT2D eigenvalue weighted by Gasteiger charge is -2.08. The van der Waals surface area contributed by atoms with Crippen molar-refractivity contribution in [1.29, 1.82) is 5.26 Å². The number of nitrogens with one attached hydrogen (secondary N) is 1. The highest BCUT2D eigenvalue weighted by molar-refractivity contribution is 5.92. The fourth-order valence-corrected chi connectivity index (χ4v) is 1.63. The summed E-state index contributed by atoms with van der Waals surface area (Å²) in [5.41, 5.74) is 0.983. The molecule has 4 heteroatoms. The minimum absolute atomic E-state index is 0.0257. The van der Waals surface area contributed by atoms with Gasteiger partial charge in [-0.25, -0.2) is 0 Å². The maximum Gasteiger partial charge on any atom is 0.250 e. The summed E-state index contributed by atoms with van der Waals surface area (Å²) in [4.78, 5) is 11.6. The number of carbonyl (C=O) groups excluding carboxylic acids is 1. The highest BCUT2D eigenvalue weighted by Gasteiger charge is 2.06. The predicted octanol–water partition coefficient (Wildman–Crippen LogP) is 2.95. The van der Waals surface area contributed by atoms with Crippen LogP contribution in [0.15, 0.2) is 24.3 Å². The molecule has 0 atom stereocenters. The van der Waals surface area contributed by atoms with Crippen molar-refractivity contribution in [3.63, 3.8) is 0 Å². The fraction of sp³-hybridized carbons (Fsp3) is 0.467. The number of hydrogen-bond acceptors (Lipinski definition) is 3. The molecule has 0 aromatic heterocycles. The van der Waals surface area contributed by atoms with Crippen molar-refractivity contribution in [3.05, 3.63) is 29.8 Å². The second-order valence-electron chi connectivity index (χ2n) is 4.79. The van der Waals surface area contributed by atoms with Gasteiger partial charge in [0.2, 0.25) is 5.91 Å². The van der Waals surface area contributed by atoms with Gasteiger partial charge < -0.3 is 10.1 Å². The summed E-state index contributed by atoms with van der Waals surface area (Å²) in [5, 5.41) is 11.6. The van der Waals surface area contributed by atoms with Gasteiger partial charge in [-0.2, -0.15) is 5.26 Å². The summed E-state index contributed by atoms with van der Waals surface area (Å²) in [6.07, 6.45) is 2.05. The lowest BCUT2D eigenvalue weighted by atomic mass is 10.1. The quantitative estimate of drug-likeness (QED) is 0.767. The second kappa shape index (κ2) is 8.28. The Morgan fingerprint density at radius 3 is 2.84 bits per heavy atom. The average Bonchev–Trinajstić information content (AvgIpc) is 2.38. The van der Waals surface area contributed by atoms with Gasteiger partial charge >= 0.3 is 0 Å². The lowest BCUT2D eigenvalue weighted by molar-refractivity contribution is -0.120. The average molecular weight is 260 g/mol. The van der Waals surface area contributed by atoms with Crippen LogP contribution in [-0.2, 0) is 9.53 Å². The normalized spacial score (nSPS) is 10.2. The summed E-state index contributed by atoms with van der Waals surface area (Å²) in [6.45, 7) is 4.93. The van der Waals surface area contributed by atoms with Crippen molar-refractivity contribution in [2.24, 2.45) is 5.92 Å². The molecular weight excluding hydrogens is 240 g/mol. The smallest absolute Gasteiger partial charge is 0.250 e. The molecule has 0 aliphatic rings. The Bertz CT molecular complexity index is 450. The van der Waals surface area contributed by atoms with Crippen molar-refractivity contribution < 1.29 is 9.53 Å². The molecule has 1 aromatic carbocycles. The largest absolute Gasteiger partial charge is 0.372 e. The van der Waals surface area contributed by atoms with E-state index in [2.05, 4.69) is 19.2 Å². The molecule has 0 bridgehead atoms. The van der Waals surface area contributed by atoms with Crippen LogP contribution in [0.5, 0.6) is 0 Å². The SMILES string of the molecule is CC(C)CCCOCC(=O)Nc1ccccc1C#N. The van der Waals surface area contributed by atoms with Crippen LogP contribution in [0.3, 0.4) is 0 Å². The van der Waals surface area contributed by atoms with Gasteiger partial charge in [-0.3, -0.25) is 4.79 Å². The van der Waals surface area contributed by atoms with E-state index in [9.17, 15) is 4.79 Å². The van der Waals surface area contributed by atoms with Crippen LogP contribution >= 0.6 is 0 Å². The number of para-hydroxylation sites is 1. The fourth-order valence-electron chi connectivity index (χ4n) is 1.63. The molecule has 0 saturated heterocycles. The van der Waals surface area contributed by atoms with E-state index in [-0.39, 0.29) is 12.5 Å². The minimum atomic E-state index is -0.229. The molecule has 1 N–H and O–H groups in total. The van der Waals surface area contributed by atoms with Crippen LogP contribution in [0.2, 0.25) is 0 Å². The molecule has 0 spiro atoms. The third-order valence-corrected chi connectivity index (χ3v) is 2.62. The molecule has 0 fully saturated rings. The number of rotatable bonds is 7. The molecule has 0 saturated carbocycles. The van der Waals surface area contributed by atoms with Crippen molar-refractivity contribution >= 4 is 11.6 Å². The Kier molecular flexibility index (Phi) is 6.62. The molecule has 19 heavy (non-hydrogen) atoms. The maximum atomic E-state index is 11.6. The molecule has 0 radical (unpaired) electrons. The van der Waals surface area contributed by atoms with E-state index in [1.807, 2.05) is 6.07 Å². The summed E-state index contributed by atoms with van der Waals surface area (Å²) in [6, 6.07) is 8.94. The Morgan fingerprint density at radius 1 is 1.42 bits per heavy atom. The summed E-state index contributed by atoms with van der Waals surface area (Å²) in [5.74, 6) is 0.423. The molecule has 1 amide bonds. The molecular formula is C15H20N2O2. The van der Waals surface area contributed by atoms with Crippen LogP contribution in [0.4, 0.5) is 5.69 Å². The van der Waals surface area contributed by atoms with Gasteiger partial charge in [-0.05, 0) is 30.9 Å². The first kappa shape index (κ1) is 15.2. The predicted molar refractivity (Wildman–Crippen MR) is 74.7 cm³/mol. The number of nitrogens with zero attached hydrogens (tertiary/aromatic N) is 1. The second-order valence-corrected chi connectivity index (χ2v) is 4.79. The Hall–Kier alpha value is -1.86. The number of hydrogen-bond donors (Lipinski definition) is 1. The number of benzene rings is 1. The van der Waals surface area contributed by atoms with Crippen LogP contribution < -0.4 is 5.32 Å². The van der Waals surface area contributed by atoms with E-state index in [4.69, 9.17) is 10.00 Å². The van der Waals surface area contributed by atoms with Crippen molar-refractivity contribution in [3.8, 4) is 6.07 Å². The van der Waals surface area contributed by atoms with Gasteiger partial charge in [0, 0.05) is 6.61 Å². The first-order valence-electron chi connectivity index (χ1n) is 6.50. The first-order valence-corrected chi connectivity index (χ1v) is 6.50. The van der Waals surface area contributed by atoms with Crippen LogP contribution in [-0.4, -0.2) is 19.1 Å². The third-order valence-electron chi connectivity index (χ3n) is 2.62. The molecule has 0 heterocycles. The van der Waals surface area contributed by atoms with E-state index >= 15 is 0 Å². The highest BCUT2D eigenvalue weighted by Crippen LogP contribution is 2.13. The molecule has 0 aliphatic carbocycles.